The second kappa shape index (κ2) is 7.58. The third kappa shape index (κ3) is 3.46. The van der Waals surface area contributed by atoms with Gasteiger partial charge in [-0.25, -0.2) is 9.37 Å². The highest BCUT2D eigenvalue weighted by molar-refractivity contribution is 6.30. The number of rotatable bonds is 3. The van der Waals surface area contributed by atoms with Gasteiger partial charge in [-0.2, -0.15) is 0 Å². The lowest BCUT2D eigenvalue weighted by molar-refractivity contribution is 0.0717. The Balaban J connectivity index is 1.47. The molecule has 1 atom stereocenters. The maximum atomic E-state index is 13.6. The van der Waals surface area contributed by atoms with E-state index in [4.69, 9.17) is 16.0 Å². The van der Waals surface area contributed by atoms with E-state index >= 15 is 0 Å². The molecule has 0 bridgehead atoms. The van der Waals surface area contributed by atoms with Gasteiger partial charge >= 0.3 is 0 Å². The van der Waals surface area contributed by atoms with Crippen molar-refractivity contribution in [3.8, 4) is 11.1 Å². The van der Waals surface area contributed by atoms with Crippen LogP contribution >= 0.6 is 11.6 Å². The number of nitrogens with zero attached hydrogens (tertiary/aromatic N) is 2. The standard InChI is InChI=1S/C24H18ClFN2O2/c25-18-6-1-5-17(12-18)24(29)28-11-3-8-21(28)23-27-20-14-16(9-10-22(20)30-23)15-4-2-7-19(26)13-15/h1-2,4-7,9-10,12-14,21H,3,8,11H2. The van der Waals surface area contributed by atoms with Crippen LogP contribution in [0.3, 0.4) is 0 Å². The molecule has 0 N–H and O–H groups in total. The van der Waals surface area contributed by atoms with E-state index in [1.165, 1.54) is 12.1 Å². The fourth-order valence-electron chi connectivity index (χ4n) is 3.99. The predicted octanol–water partition coefficient (Wildman–Crippen LogP) is 6.26. The lowest BCUT2D eigenvalue weighted by atomic mass is 10.1. The summed E-state index contributed by atoms with van der Waals surface area (Å²) in [6, 6.07) is 18.8. The third-order valence-electron chi connectivity index (χ3n) is 5.43. The molecule has 1 aromatic heterocycles. The Hall–Kier alpha value is -3.18. The minimum atomic E-state index is -0.283. The van der Waals surface area contributed by atoms with E-state index in [-0.39, 0.29) is 17.8 Å². The first-order chi connectivity index (χ1) is 14.6. The van der Waals surface area contributed by atoms with Gasteiger partial charge in [-0.05, 0) is 66.4 Å². The van der Waals surface area contributed by atoms with E-state index in [0.717, 1.165) is 24.0 Å². The summed E-state index contributed by atoms with van der Waals surface area (Å²) in [6.07, 6.45) is 1.67. The van der Waals surface area contributed by atoms with E-state index in [0.29, 0.717) is 34.1 Å². The van der Waals surface area contributed by atoms with Crippen LogP contribution in [0.5, 0.6) is 0 Å². The van der Waals surface area contributed by atoms with Crippen LogP contribution in [0, 0.1) is 5.82 Å². The fourth-order valence-corrected chi connectivity index (χ4v) is 4.18. The molecule has 0 aliphatic carbocycles. The van der Waals surface area contributed by atoms with Crippen LogP contribution in [-0.2, 0) is 0 Å². The minimum Gasteiger partial charge on any atom is -0.438 e. The van der Waals surface area contributed by atoms with Crippen LogP contribution in [-0.4, -0.2) is 22.3 Å². The van der Waals surface area contributed by atoms with Crippen molar-refractivity contribution in [1.82, 2.24) is 9.88 Å². The summed E-state index contributed by atoms with van der Waals surface area (Å²) in [5, 5.41) is 0.531. The van der Waals surface area contributed by atoms with E-state index in [9.17, 15) is 9.18 Å². The van der Waals surface area contributed by atoms with Gasteiger partial charge in [0.1, 0.15) is 17.4 Å². The van der Waals surface area contributed by atoms with Crippen LogP contribution in [0.25, 0.3) is 22.2 Å². The lowest BCUT2D eigenvalue weighted by Gasteiger charge is -2.22. The van der Waals surface area contributed by atoms with Gasteiger partial charge in [0.25, 0.3) is 5.91 Å². The molecule has 1 aliphatic rings. The Bertz CT molecular complexity index is 1250. The molecule has 6 heteroatoms. The highest BCUT2D eigenvalue weighted by Crippen LogP contribution is 2.35. The maximum Gasteiger partial charge on any atom is 0.254 e. The average Bonchev–Trinajstić information content (AvgIpc) is 3.39. The van der Waals surface area contributed by atoms with E-state index < -0.39 is 0 Å². The number of carbonyl (C=O) groups is 1. The molecule has 1 aliphatic heterocycles. The zero-order chi connectivity index (χ0) is 20.7. The Morgan fingerprint density at radius 1 is 1.07 bits per heavy atom. The van der Waals surface area contributed by atoms with Gasteiger partial charge in [-0.1, -0.05) is 35.9 Å². The number of likely N-dealkylation sites (tertiary alicyclic amines) is 1. The van der Waals surface area contributed by atoms with Crippen molar-refractivity contribution in [2.45, 2.75) is 18.9 Å². The zero-order valence-electron chi connectivity index (χ0n) is 16.0. The number of carbonyl (C=O) groups excluding carboxylic acids is 1. The number of amides is 1. The van der Waals surface area contributed by atoms with Gasteiger partial charge in [0.15, 0.2) is 5.58 Å². The van der Waals surface area contributed by atoms with Crippen LogP contribution in [0.2, 0.25) is 5.02 Å². The molecule has 0 radical (unpaired) electrons. The molecule has 3 aromatic carbocycles. The van der Waals surface area contributed by atoms with Crippen molar-refractivity contribution < 1.29 is 13.6 Å². The summed E-state index contributed by atoms with van der Waals surface area (Å²) in [7, 11) is 0. The summed E-state index contributed by atoms with van der Waals surface area (Å²) in [5.74, 6) is 0.159. The summed E-state index contributed by atoms with van der Waals surface area (Å²) >= 11 is 6.05. The molecule has 1 saturated heterocycles. The molecule has 150 valence electrons. The summed E-state index contributed by atoms with van der Waals surface area (Å²) in [4.78, 5) is 19.5. The van der Waals surface area contributed by atoms with Crippen LogP contribution in [0.4, 0.5) is 4.39 Å². The van der Waals surface area contributed by atoms with Gasteiger partial charge in [-0.15, -0.1) is 0 Å². The van der Waals surface area contributed by atoms with E-state index in [1.54, 1.807) is 35.2 Å². The Labute approximate surface area is 177 Å². The molecule has 2 heterocycles. The van der Waals surface area contributed by atoms with Gasteiger partial charge in [0.05, 0.1) is 0 Å². The number of benzene rings is 3. The van der Waals surface area contributed by atoms with Crippen molar-refractivity contribution >= 4 is 28.6 Å². The number of halogens is 2. The lowest BCUT2D eigenvalue weighted by Crippen LogP contribution is -2.30. The molecule has 0 saturated carbocycles. The molecule has 1 unspecified atom stereocenters. The number of hydrogen-bond acceptors (Lipinski definition) is 3. The SMILES string of the molecule is O=C(c1cccc(Cl)c1)N1CCCC1c1nc2cc(-c3cccc(F)c3)ccc2o1. The maximum absolute atomic E-state index is 13.6. The van der Waals surface area contributed by atoms with Gasteiger partial charge in [-0.3, -0.25) is 4.79 Å². The van der Waals surface area contributed by atoms with Crippen LogP contribution in [0.15, 0.2) is 71.1 Å². The van der Waals surface area contributed by atoms with E-state index in [1.807, 2.05) is 24.3 Å². The van der Waals surface area contributed by atoms with Crippen molar-refractivity contribution in [2.24, 2.45) is 0 Å². The summed E-state index contributed by atoms with van der Waals surface area (Å²) in [5.41, 5.74) is 3.53. The molecule has 1 fully saturated rings. The van der Waals surface area contributed by atoms with Crippen molar-refractivity contribution in [3.05, 3.63) is 89.0 Å². The molecular formula is C24H18ClFN2O2. The van der Waals surface area contributed by atoms with Crippen LogP contribution in [0.1, 0.15) is 35.1 Å². The van der Waals surface area contributed by atoms with Crippen LogP contribution < -0.4 is 0 Å². The topological polar surface area (TPSA) is 46.3 Å². The van der Waals surface area contributed by atoms with Crippen molar-refractivity contribution in [2.75, 3.05) is 6.54 Å². The Morgan fingerprint density at radius 3 is 2.73 bits per heavy atom. The average molecular weight is 421 g/mol. The molecule has 1 amide bonds. The van der Waals surface area contributed by atoms with Crippen molar-refractivity contribution in [3.63, 3.8) is 0 Å². The smallest absolute Gasteiger partial charge is 0.254 e. The largest absolute Gasteiger partial charge is 0.438 e. The van der Waals surface area contributed by atoms with Gasteiger partial charge in [0.2, 0.25) is 5.89 Å². The monoisotopic (exact) mass is 420 g/mol. The van der Waals surface area contributed by atoms with Gasteiger partial charge < -0.3 is 9.32 Å². The zero-order valence-corrected chi connectivity index (χ0v) is 16.8. The first-order valence-corrected chi connectivity index (χ1v) is 10.2. The molecule has 30 heavy (non-hydrogen) atoms. The molecule has 0 spiro atoms. The number of fused-ring (bicyclic) bond motifs is 1. The first-order valence-electron chi connectivity index (χ1n) is 9.81. The molecule has 4 nitrogen and oxygen atoms in total. The fraction of sp³-hybridized carbons (Fsp3) is 0.167. The molecule has 5 rings (SSSR count). The third-order valence-corrected chi connectivity index (χ3v) is 5.67. The molecule has 4 aromatic rings. The highest BCUT2D eigenvalue weighted by Gasteiger charge is 2.34. The van der Waals surface area contributed by atoms with Gasteiger partial charge in [0, 0.05) is 17.1 Å². The number of oxazole rings is 1. The Kier molecular flexibility index (Phi) is 4.75. The summed E-state index contributed by atoms with van der Waals surface area (Å²) in [6.45, 7) is 0.642. The number of aromatic nitrogens is 1. The second-order valence-electron chi connectivity index (χ2n) is 7.41. The summed E-state index contributed by atoms with van der Waals surface area (Å²) < 4.78 is 19.6. The highest BCUT2D eigenvalue weighted by atomic mass is 35.5. The van der Waals surface area contributed by atoms with E-state index in [2.05, 4.69) is 4.98 Å². The Morgan fingerprint density at radius 2 is 1.90 bits per heavy atom. The molecular weight excluding hydrogens is 403 g/mol. The second-order valence-corrected chi connectivity index (χ2v) is 7.85. The minimum absolute atomic E-state index is 0.0808. The quantitative estimate of drug-likeness (QED) is 0.392. The van der Waals surface area contributed by atoms with Crippen molar-refractivity contribution in [1.29, 1.82) is 0 Å². The predicted molar refractivity (Wildman–Crippen MR) is 114 cm³/mol. The number of hydrogen-bond donors (Lipinski definition) is 0. The normalized spacial score (nSPS) is 16.3. The first kappa shape index (κ1) is 18.8.